The Kier molecular flexibility index (Phi) is 6.42. The summed E-state index contributed by atoms with van der Waals surface area (Å²) in [6.07, 6.45) is 2.10. The zero-order valence-corrected chi connectivity index (χ0v) is 21.1. The van der Waals surface area contributed by atoms with E-state index in [0.29, 0.717) is 40.3 Å². The van der Waals surface area contributed by atoms with Crippen LogP contribution in [-0.4, -0.2) is 41.9 Å². The summed E-state index contributed by atoms with van der Waals surface area (Å²) in [5, 5.41) is 8.88. The number of hydrogen-bond donors (Lipinski definition) is 1. The van der Waals surface area contributed by atoms with Crippen LogP contribution in [0.25, 0.3) is 0 Å². The zero-order valence-electron chi connectivity index (χ0n) is 20.3. The van der Waals surface area contributed by atoms with Gasteiger partial charge in [-0.15, -0.1) is 5.10 Å². The SMILES string of the molecule is COc1cc(OC)c([C@@H]2C3=C(CCCC3=O)Nc3nc(SCc4ccccc4C)nn32)cc1OC. The number of aromatic nitrogens is 3. The lowest BCUT2D eigenvalue weighted by Gasteiger charge is -2.33. The van der Waals surface area contributed by atoms with Gasteiger partial charge in [0.1, 0.15) is 11.8 Å². The van der Waals surface area contributed by atoms with Crippen molar-refractivity contribution >= 4 is 23.5 Å². The molecule has 2 aromatic carbocycles. The molecule has 1 N–H and O–H groups in total. The number of thioether (sulfide) groups is 1. The Morgan fingerprint density at radius 2 is 1.80 bits per heavy atom. The predicted molar refractivity (Wildman–Crippen MR) is 135 cm³/mol. The van der Waals surface area contributed by atoms with E-state index in [0.717, 1.165) is 29.9 Å². The Balaban J connectivity index is 1.59. The molecular formula is C26H28N4O4S. The van der Waals surface area contributed by atoms with E-state index in [2.05, 4.69) is 24.4 Å². The Hall–Kier alpha value is -3.46. The number of rotatable bonds is 7. The average Bonchev–Trinajstić information content (AvgIpc) is 3.28. The Morgan fingerprint density at radius 1 is 1.06 bits per heavy atom. The van der Waals surface area contributed by atoms with Crippen LogP contribution in [0.15, 0.2) is 52.8 Å². The standard InChI is InChI=1S/C26H28N4O4S/c1-15-8-5-6-9-16(15)14-35-26-28-25-27-18-10-7-11-19(31)23(18)24(30(25)29-26)17-12-21(33-3)22(34-4)13-20(17)32-2/h5-6,8-9,12-13,24H,7,10-11,14H2,1-4H3,(H,27,28,29)/t24-/m1/s1. The third-order valence-corrected chi connectivity index (χ3v) is 7.38. The van der Waals surface area contributed by atoms with Gasteiger partial charge in [-0.05, 0) is 37.0 Å². The Labute approximate surface area is 208 Å². The van der Waals surface area contributed by atoms with Crippen LogP contribution in [-0.2, 0) is 10.5 Å². The van der Waals surface area contributed by atoms with Gasteiger partial charge in [-0.25, -0.2) is 4.68 Å². The summed E-state index contributed by atoms with van der Waals surface area (Å²) in [5.74, 6) is 3.19. The van der Waals surface area contributed by atoms with E-state index in [4.69, 9.17) is 24.3 Å². The molecule has 0 spiro atoms. The van der Waals surface area contributed by atoms with E-state index in [9.17, 15) is 4.79 Å². The molecule has 0 radical (unpaired) electrons. The van der Waals surface area contributed by atoms with E-state index in [1.165, 1.54) is 11.1 Å². The van der Waals surface area contributed by atoms with Crippen molar-refractivity contribution in [2.75, 3.05) is 26.6 Å². The van der Waals surface area contributed by atoms with Crippen molar-refractivity contribution in [2.45, 2.75) is 43.1 Å². The van der Waals surface area contributed by atoms with Gasteiger partial charge in [-0.3, -0.25) is 4.79 Å². The molecule has 1 aliphatic heterocycles. The fourth-order valence-corrected chi connectivity index (χ4v) is 5.57. The van der Waals surface area contributed by atoms with Crippen LogP contribution in [0.2, 0.25) is 0 Å². The Morgan fingerprint density at radius 3 is 2.54 bits per heavy atom. The van der Waals surface area contributed by atoms with Crippen molar-refractivity contribution in [2.24, 2.45) is 0 Å². The third-order valence-electron chi connectivity index (χ3n) is 6.50. The van der Waals surface area contributed by atoms with Crippen LogP contribution in [0.5, 0.6) is 17.2 Å². The molecule has 2 aliphatic rings. The summed E-state index contributed by atoms with van der Waals surface area (Å²) in [6.45, 7) is 2.10. The van der Waals surface area contributed by atoms with Gasteiger partial charge < -0.3 is 19.5 Å². The first kappa shape index (κ1) is 23.3. The number of methoxy groups -OCH3 is 3. The molecule has 9 heteroatoms. The molecule has 182 valence electrons. The molecule has 0 amide bonds. The second-order valence-corrected chi connectivity index (χ2v) is 9.47. The largest absolute Gasteiger partial charge is 0.496 e. The van der Waals surface area contributed by atoms with Gasteiger partial charge in [-0.2, -0.15) is 4.98 Å². The lowest BCUT2D eigenvalue weighted by atomic mass is 9.85. The highest BCUT2D eigenvalue weighted by molar-refractivity contribution is 7.98. The van der Waals surface area contributed by atoms with Crippen LogP contribution in [0.3, 0.4) is 0 Å². The second-order valence-electron chi connectivity index (χ2n) is 8.52. The number of aryl methyl sites for hydroxylation is 1. The van der Waals surface area contributed by atoms with Crippen molar-refractivity contribution in [1.82, 2.24) is 14.8 Å². The number of fused-ring (bicyclic) bond motifs is 1. The molecule has 1 aliphatic carbocycles. The summed E-state index contributed by atoms with van der Waals surface area (Å²) < 4.78 is 18.6. The molecule has 0 saturated carbocycles. The van der Waals surface area contributed by atoms with Crippen molar-refractivity contribution in [3.63, 3.8) is 0 Å². The number of hydrogen-bond acceptors (Lipinski definition) is 8. The van der Waals surface area contributed by atoms with Gasteiger partial charge in [0.05, 0.1) is 21.3 Å². The van der Waals surface area contributed by atoms with Crippen molar-refractivity contribution < 1.29 is 19.0 Å². The van der Waals surface area contributed by atoms with E-state index >= 15 is 0 Å². The van der Waals surface area contributed by atoms with Crippen LogP contribution >= 0.6 is 11.8 Å². The third kappa shape index (κ3) is 4.25. The first-order chi connectivity index (χ1) is 17.0. The molecule has 0 unspecified atom stereocenters. The number of nitrogens with zero attached hydrogens (tertiary/aromatic N) is 3. The monoisotopic (exact) mass is 492 g/mol. The number of benzene rings is 2. The van der Waals surface area contributed by atoms with E-state index in [-0.39, 0.29) is 5.78 Å². The molecule has 0 saturated heterocycles. The van der Waals surface area contributed by atoms with Gasteiger partial charge in [-0.1, -0.05) is 36.0 Å². The highest BCUT2D eigenvalue weighted by Gasteiger charge is 2.38. The number of nitrogens with one attached hydrogen (secondary N) is 1. The fraction of sp³-hybridized carbons (Fsp3) is 0.346. The molecule has 0 bridgehead atoms. The molecule has 35 heavy (non-hydrogen) atoms. The topological polar surface area (TPSA) is 87.5 Å². The van der Waals surface area contributed by atoms with Crippen LogP contribution in [0.4, 0.5) is 5.95 Å². The summed E-state index contributed by atoms with van der Waals surface area (Å²) in [5.41, 5.74) is 4.85. The van der Waals surface area contributed by atoms with Crippen LogP contribution in [0, 0.1) is 6.92 Å². The number of Topliss-reactive ketones (excluding diaryl/α,β-unsaturated/α-hetero) is 1. The first-order valence-corrected chi connectivity index (χ1v) is 12.5. The summed E-state index contributed by atoms with van der Waals surface area (Å²) in [7, 11) is 4.78. The van der Waals surface area contributed by atoms with Crippen LogP contribution < -0.4 is 19.5 Å². The number of carbonyl (C=O) groups excluding carboxylic acids is 1. The minimum atomic E-state index is -0.482. The zero-order chi connectivity index (χ0) is 24.5. The van der Waals surface area contributed by atoms with Crippen molar-refractivity contribution in [1.29, 1.82) is 0 Å². The van der Waals surface area contributed by atoms with E-state index in [1.807, 2.05) is 18.2 Å². The lowest BCUT2D eigenvalue weighted by molar-refractivity contribution is -0.116. The maximum atomic E-state index is 13.2. The van der Waals surface area contributed by atoms with E-state index < -0.39 is 6.04 Å². The summed E-state index contributed by atoms with van der Waals surface area (Å²) in [6, 6.07) is 11.5. The summed E-state index contributed by atoms with van der Waals surface area (Å²) >= 11 is 1.57. The second kappa shape index (κ2) is 9.65. The van der Waals surface area contributed by atoms with Crippen LogP contribution in [0.1, 0.15) is 42.0 Å². The highest BCUT2D eigenvalue weighted by atomic mass is 32.2. The molecule has 0 fully saturated rings. The molecule has 1 atom stereocenters. The molecular weight excluding hydrogens is 464 g/mol. The fourth-order valence-electron chi connectivity index (χ4n) is 4.67. The molecule has 1 aromatic heterocycles. The number of carbonyl (C=O) groups is 1. The van der Waals surface area contributed by atoms with Gasteiger partial charge in [0, 0.05) is 35.1 Å². The highest BCUT2D eigenvalue weighted by Crippen LogP contribution is 2.46. The number of ketones is 1. The molecule has 2 heterocycles. The molecule has 8 nitrogen and oxygen atoms in total. The quantitative estimate of drug-likeness (QED) is 0.465. The normalized spacial score (nSPS) is 16.9. The van der Waals surface area contributed by atoms with Crippen molar-refractivity contribution in [3.8, 4) is 17.2 Å². The maximum Gasteiger partial charge on any atom is 0.227 e. The van der Waals surface area contributed by atoms with Gasteiger partial charge in [0.15, 0.2) is 17.3 Å². The average molecular weight is 493 g/mol. The van der Waals surface area contributed by atoms with Crippen molar-refractivity contribution in [3.05, 3.63) is 64.4 Å². The minimum absolute atomic E-state index is 0.107. The number of ether oxygens (including phenoxy) is 3. The smallest absolute Gasteiger partial charge is 0.227 e. The van der Waals surface area contributed by atoms with E-state index in [1.54, 1.807) is 43.8 Å². The van der Waals surface area contributed by atoms with Gasteiger partial charge in [0.2, 0.25) is 11.1 Å². The predicted octanol–water partition coefficient (Wildman–Crippen LogP) is 4.93. The summed E-state index contributed by atoms with van der Waals surface area (Å²) in [4.78, 5) is 18.0. The first-order valence-electron chi connectivity index (χ1n) is 11.5. The lowest BCUT2D eigenvalue weighted by Crippen LogP contribution is -2.31. The number of anilines is 1. The van der Waals surface area contributed by atoms with Gasteiger partial charge >= 0.3 is 0 Å². The van der Waals surface area contributed by atoms with Gasteiger partial charge in [0.25, 0.3) is 0 Å². The molecule has 3 aromatic rings. The Bertz CT molecular complexity index is 1320. The maximum absolute atomic E-state index is 13.2. The number of allylic oxidation sites excluding steroid dienone is 2. The minimum Gasteiger partial charge on any atom is -0.496 e. The molecule has 5 rings (SSSR count).